The number of aromatic nitrogens is 2. The molecule has 1 aromatic heterocycles. The second-order valence-corrected chi connectivity index (χ2v) is 4.05. The number of terminal acetylenes is 1. The Morgan fingerprint density at radius 1 is 1.28 bits per heavy atom. The molecule has 1 heterocycles. The zero-order valence-electron chi connectivity index (χ0n) is 10.0. The van der Waals surface area contributed by atoms with Crippen LogP contribution in [0.2, 0.25) is 0 Å². The molecule has 92 valence electrons. The highest BCUT2D eigenvalue weighted by molar-refractivity contribution is 5.15. The molecule has 2 rings (SSSR count). The molecule has 4 nitrogen and oxygen atoms in total. The number of hydrogen-bond acceptors (Lipinski definition) is 4. The van der Waals surface area contributed by atoms with Gasteiger partial charge in [0.05, 0.1) is 6.04 Å². The summed E-state index contributed by atoms with van der Waals surface area (Å²) in [4.78, 5) is 4.25. The van der Waals surface area contributed by atoms with Crippen LogP contribution in [0.4, 0.5) is 0 Å². The van der Waals surface area contributed by atoms with Gasteiger partial charge < -0.3 is 10.3 Å². The largest absolute Gasteiger partial charge is 0.338 e. The van der Waals surface area contributed by atoms with E-state index in [2.05, 4.69) is 28.2 Å². The summed E-state index contributed by atoms with van der Waals surface area (Å²) in [6, 6.07) is 9.80. The topological polar surface area (TPSA) is 64.9 Å². The maximum atomic E-state index is 5.79. The van der Waals surface area contributed by atoms with Crippen LogP contribution >= 0.6 is 0 Å². The Labute approximate surface area is 106 Å². The summed E-state index contributed by atoms with van der Waals surface area (Å²) in [5.41, 5.74) is 7.03. The maximum Gasteiger partial charge on any atom is 0.244 e. The van der Waals surface area contributed by atoms with Gasteiger partial charge >= 0.3 is 0 Å². The molecular weight excluding hydrogens is 226 g/mol. The van der Waals surface area contributed by atoms with Crippen LogP contribution in [0.3, 0.4) is 0 Å². The minimum Gasteiger partial charge on any atom is -0.338 e. The van der Waals surface area contributed by atoms with Gasteiger partial charge in [-0.05, 0) is 12.0 Å². The molecule has 0 aliphatic carbocycles. The predicted octanol–water partition coefficient (Wildman–Crippen LogP) is 1.88. The molecule has 2 N–H and O–H groups in total. The molecule has 0 amide bonds. The lowest BCUT2D eigenvalue weighted by molar-refractivity contribution is 0.352. The van der Waals surface area contributed by atoms with Crippen LogP contribution < -0.4 is 5.73 Å². The van der Waals surface area contributed by atoms with Crippen LogP contribution in [-0.2, 0) is 12.8 Å². The third-order valence-electron chi connectivity index (χ3n) is 2.62. The Bertz CT molecular complexity index is 527. The number of nitrogens with zero attached hydrogens (tertiary/aromatic N) is 2. The fourth-order valence-corrected chi connectivity index (χ4v) is 1.63. The minimum atomic E-state index is -0.368. The average Bonchev–Trinajstić information content (AvgIpc) is 2.87. The fourth-order valence-electron chi connectivity index (χ4n) is 1.63. The Morgan fingerprint density at radius 3 is 2.78 bits per heavy atom. The third kappa shape index (κ3) is 3.19. The van der Waals surface area contributed by atoms with Crippen molar-refractivity contribution >= 4 is 0 Å². The Morgan fingerprint density at radius 2 is 2.06 bits per heavy atom. The molecule has 1 unspecified atom stereocenters. The molecule has 0 fully saturated rings. The molecule has 1 aromatic carbocycles. The van der Waals surface area contributed by atoms with Crippen molar-refractivity contribution in [3.8, 4) is 12.3 Å². The Hall–Kier alpha value is -2.12. The Balaban J connectivity index is 1.93. The van der Waals surface area contributed by atoms with E-state index in [-0.39, 0.29) is 6.04 Å². The summed E-state index contributed by atoms with van der Waals surface area (Å²) < 4.78 is 5.09. The third-order valence-corrected chi connectivity index (χ3v) is 2.62. The van der Waals surface area contributed by atoms with Crippen molar-refractivity contribution < 1.29 is 4.52 Å². The first kappa shape index (κ1) is 12.3. The summed E-state index contributed by atoms with van der Waals surface area (Å²) in [5.74, 6) is 3.56. The van der Waals surface area contributed by atoms with Crippen LogP contribution in [0, 0.1) is 12.3 Å². The Kier molecular flexibility index (Phi) is 4.11. The summed E-state index contributed by atoms with van der Waals surface area (Å²) >= 11 is 0. The number of nitrogens with two attached hydrogens (primary N) is 1. The number of aryl methyl sites for hydroxylation is 2. The first-order chi connectivity index (χ1) is 8.79. The smallest absolute Gasteiger partial charge is 0.244 e. The van der Waals surface area contributed by atoms with Gasteiger partial charge in [-0.2, -0.15) is 4.98 Å². The van der Waals surface area contributed by atoms with E-state index in [4.69, 9.17) is 16.7 Å². The van der Waals surface area contributed by atoms with Crippen LogP contribution in [0.1, 0.15) is 29.7 Å². The molecule has 2 aromatic rings. The summed E-state index contributed by atoms with van der Waals surface area (Å²) in [7, 11) is 0. The summed E-state index contributed by atoms with van der Waals surface area (Å²) in [5, 5.41) is 3.90. The van der Waals surface area contributed by atoms with E-state index in [9.17, 15) is 0 Å². The highest BCUT2D eigenvalue weighted by Crippen LogP contribution is 2.12. The van der Waals surface area contributed by atoms with Gasteiger partial charge in [0.15, 0.2) is 5.82 Å². The van der Waals surface area contributed by atoms with Crippen molar-refractivity contribution in [1.82, 2.24) is 10.1 Å². The van der Waals surface area contributed by atoms with E-state index in [0.29, 0.717) is 18.1 Å². The van der Waals surface area contributed by atoms with Gasteiger partial charge in [0.2, 0.25) is 5.89 Å². The van der Waals surface area contributed by atoms with Crippen LogP contribution in [-0.4, -0.2) is 10.1 Å². The zero-order valence-corrected chi connectivity index (χ0v) is 10.0. The molecule has 0 saturated carbocycles. The second-order valence-electron chi connectivity index (χ2n) is 4.05. The normalized spacial score (nSPS) is 12.0. The van der Waals surface area contributed by atoms with E-state index >= 15 is 0 Å². The van der Waals surface area contributed by atoms with E-state index in [1.54, 1.807) is 0 Å². The van der Waals surface area contributed by atoms with Crippen molar-refractivity contribution in [2.45, 2.75) is 25.3 Å². The molecule has 0 radical (unpaired) electrons. The molecule has 0 bridgehead atoms. The molecule has 0 aliphatic heterocycles. The van der Waals surface area contributed by atoms with Crippen LogP contribution in [0.5, 0.6) is 0 Å². The molecule has 18 heavy (non-hydrogen) atoms. The standard InChI is InChI=1S/C14H15N3O/c1-2-6-12(15)14-16-13(17-18-14)10-9-11-7-4-3-5-8-11/h1,3-5,7-8,12H,6,9-10,15H2. The SMILES string of the molecule is C#CCC(N)c1nc(CCc2ccccc2)no1. The summed E-state index contributed by atoms with van der Waals surface area (Å²) in [6.45, 7) is 0. The van der Waals surface area contributed by atoms with Crippen LogP contribution in [0.15, 0.2) is 34.9 Å². The predicted molar refractivity (Wildman–Crippen MR) is 68.5 cm³/mol. The van der Waals surface area contributed by atoms with E-state index in [1.807, 2.05) is 18.2 Å². The molecular formula is C14H15N3O. The lowest BCUT2D eigenvalue weighted by Gasteiger charge is -1.99. The van der Waals surface area contributed by atoms with Crippen molar-refractivity contribution in [3.05, 3.63) is 47.6 Å². The van der Waals surface area contributed by atoms with Gasteiger partial charge in [-0.1, -0.05) is 35.5 Å². The number of rotatable bonds is 5. The van der Waals surface area contributed by atoms with Gasteiger partial charge in [-0.3, -0.25) is 0 Å². The zero-order chi connectivity index (χ0) is 12.8. The second kappa shape index (κ2) is 5.99. The number of hydrogen-bond donors (Lipinski definition) is 1. The highest BCUT2D eigenvalue weighted by Gasteiger charge is 2.13. The maximum absolute atomic E-state index is 5.79. The fraction of sp³-hybridized carbons (Fsp3) is 0.286. The molecule has 4 heteroatoms. The highest BCUT2D eigenvalue weighted by atomic mass is 16.5. The van der Waals surface area contributed by atoms with Crippen LogP contribution in [0.25, 0.3) is 0 Å². The van der Waals surface area contributed by atoms with Crippen molar-refractivity contribution in [3.63, 3.8) is 0 Å². The van der Waals surface area contributed by atoms with Gasteiger partial charge in [-0.15, -0.1) is 12.3 Å². The van der Waals surface area contributed by atoms with Gasteiger partial charge in [0, 0.05) is 12.8 Å². The molecule has 0 aliphatic rings. The van der Waals surface area contributed by atoms with Gasteiger partial charge in [0.25, 0.3) is 0 Å². The van der Waals surface area contributed by atoms with Gasteiger partial charge in [0.1, 0.15) is 0 Å². The molecule has 0 saturated heterocycles. The first-order valence-electron chi connectivity index (χ1n) is 5.85. The van der Waals surface area contributed by atoms with Crippen molar-refractivity contribution in [1.29, 1.82) is 0 Å². The van der Waals surface area contributed by atoms with E-state index < -0.39 is 0 Å². The number of benzene rings is 1. The minimum absolute atomic E-state index is 0.368. The molecule has 1 atom stereocenters. The quantitative estimate of drug-likeness (QED) is 0.812. The average molecular weight is 241 g/mol. The molecule has 0 spiro atoms. The van der Waals surface area contributed by atoms with Crippen molar-refractivity contribution in [2.75, 3.05) is 0 Å². The first-order valence-corrected chi connectivity index (χ1v) is 5.85. The van der Waals surface area contributed by atoms with E-state index in [1.165, 1.54) is 5.56 Å². The van der Waals surface area contributed by atoms with Gasteiger partial charge in [-0.25, -0.2) is 0 Å². The summed E-state index contributed by atoms with van der Waals surface area (Å²) in [6.07, 6.45) is 7.20. The lowest BCUT2D eigenvalue weighted by atomic mass is 10.1. The monoisotopic (exact) mass is 241 g/mol. The lowest BCUT2D eigenvalue weighted by Crippen LogP contribution is -2.09. The van der Waals surface area contributed by atoms with Crippen molar-refractivity contribution in [2.24, 2.45) is 5.73 Å². The van der Waals surface area contributed by atoms with E-state index in [0.717, 1.165) is 12.8 Å².